The lowest BCUT2D eigenvalue weighted by Gasteiger charge is -2.13. The van der Waals surface area contributed by atoms with E-state index in [1.807, 2.05) is 50.2 Å². The van der Waals surface area contributed by atoms with E-state index in [2.05, 4.69) is 21.3 Å². The van der Waals surface area contributed by atoms with Crippen LogP contribution in [-0.4, -0.2) is 30.3 Å². The Kier molecular flexibility index (Phi) is 9.42. The number of nitrogens with one attached hydrogen (secondary N) is 4. The second kappa shape index (κ2) is 12.9. The molecule has 3 aromatic rings. The van der Waals surface area contributed by atoms with Crippen molar-refractivity contribution in [3.63, 3.8) is 0 Å². The fourth-order valence-corrected chi connectivity index (χ4v) is 3.33. The monoisotopic (exact) mass is 472 g/mol. The molecule has 0 bridgehead atoms. The van der Waals surface area contributed by atoms with E-state index in [1.54, 1.807) is 42.5 Å². The van der Waals surface area contributed by atoms with Crippen LogP contribution < -0.4 is 21.3 Å². The Morgan fingerprint density at radius 3 is 2.09 bits per heavy atom. The van der Waals surface area contributed by atoms with Crippen LogP contribution in [0.15, 0.2) is 78.9 Å². The lowest BCUT2D eigenvalue weighted by molar-refractivity contribution is -0.116. The smallest absolute Gasteiger partial charge is 0.251 e. The van der Waals surface area contributed by atoms with Crippen LogP contribution >= 0.6 is 0 Å². The molecule has 0 saturated heterocycles. The molecule has 0 aromatic heterocycles. The van der Waals surface area contributed by atoms with E-state index in [4.69, 9.17) is 0 Å². The van der Waals surface area contributed by atoms with Crippen LogP contribution in [0, 0.1) is 0 Å². The van der Waals surface area contributed by atoms with Crippen LogP contribution in [0.3, 0.4) is 0 Å². The number of benzene rings is 3. The summed E-state index contributed by atoms with van der Waals surface area (Å²) in [5.41, 5.74) is 3.64. The maximum atomic E-state index is 12.3. The van der Waals surface area contributed by atoms with Crippen molar-refractivity contribution in [2.75, 3.05) is 22.5 Å². The van der Waals surface area contributed by atoms with Crippen molar-refractivity contribution >= 4 is 34.8 Å². The fraction of sp³-hybridized carbons (Fsp3) is 0.250. The Hall–Kier alpha value is -4.13. The Balaban J connectivity index is 1.43. The molecular formula is C28H32N4O3. The van der Waals surface area contributed by atoms with E-state index in [1.165, 1.54) is 0 Å². The number of amides is 3. The maximum Gasteiger partial charge on any atom is 0.251 e. The van der Waals surface area contributed by atoms with Gasteiger partial charge in [0.2, 0.25) is 11.8 Å². The van der Waals surface area contributed by atoms with Gasteiger partial charge >= 0.3 is 0 Å². The highest BCUT2D eigenvalue weighted by Crippen LogP contribution is 2.15. The second-order valence-corrected chi connectivity index (χ2v) is 8.38. The van der Waals surface area contributed by atoms with Crippen LogP contribution in [0.1, 0.15) is 42.6 Å². The molecule has 0 spiro atoms. The summed E-state index contributed by atoms with van der Waals surface area (Å²) in [5, 5.41) is 11.7. The average Bonchev–Trinajstić information content (AvgIpc) is 2.88. The van der Waals surface area contributed by atoms with Crippen LogP contribution in [-0.2, 0) is 16.0 Å². The third-order valence-electron chi connectivity index (χ3n) is 5.50. The van der Waals surface area contributed by atoms with E-state index >= 15 is 0 Å². The summed E-state index contributed by atoms with van der Waals surface area (Å²) in [4.78, 5) is 36.8. The molecule has 7 heteroatoms. The molecule has 0 aliphatic heterocycles. The van der Waals surface area contributed by atoms with Crippen molar-refractivity contribution in [2.45, 2.75) is 39.2 Å². The third-order valence-corrected chi connectivity index (χ3v) is 5.50. The van der Waals surface area contributed by atoms with Gasteiger partial charge in [0.15, 0.2) is 0 Å². The molecule has 0 heterocycles. The first-order valence-corrected chi connectivity index (χ1v) is 11.8. The van der Waals surface area contributed by atoms with Gasteiger partial charge in [-0.2, -0.15) is 0 Å². The highest BCUT2D eigenvalue weighted by atomic mass is 16.2. The Morgan fingerprint density at radius 1 is 0.771 bits per heavy atom. The van der Waals surface area contributed by atoms with Crippen molar-refractivity contribution < 1.29 is 14.4 Å². The van der Waals surface area contributed by atoms with Crippen LogP contribution in [0.5, 0.6) is 0 Å². The second-order valence-electron chi connectivity index (χ2n) is 8.38. The zero-order valence-corrected chi connectivity index (χ0v) is 20.1. The number of carbonyl (C=O) groups excluding carboxylic acids is 3. The molecule has 0 aliphatic rings. The van der Waals surface area contributed by atoms with Crippen molar-refractivity contribution in [1.29, 1.82) is 0 Å². The van der Waals surface area contributed by atoms with Crippen molar-refractivity contribution in [3.8, 4) is 0 Å². The highest BCUT2D eigenvalue weighted by Gasteiger charge is 2.10. The summed E-state index contributed by atoms with van der Waals surface area (Å²) in [6.07, 6.45) is 1.93. The summed E-state index contributed by atoms with van der Waals surface area (Å²) in [6.45, 7) is 4.02. The molecule has 0 saturated carbocycles. The zero-order chi connectivity index (χ0) is 25.0. The summed E-state index contributed by atoms with van der Waals surface area (Å²) in [7, 11) is 0. The van der Waals surface area contributed by atoms with Gasteiger partial charge in [0.05, 0.1) is 6.54 Å². The minimum atomic E-state index is -0.223. The quantitative estimate of drug-likeness (QED) is 0.321. The van der Waals surface area contributed by atoms with Crippen molar-refractivity contribution in [2.24, 2.45) is 0 Å². The summed E-state index contributed by atoms with van der Waals surface area (Å²) >= 11 is 0. The zero-order valence-electron chi connectivity index (χ0n) is 20.1. The predicted octanol–water partition coefficient (Wildman–Crippen LogP) is 4.84. The van der Waals surface area contributed by atoms with Crippen molar-refractivity contribution in [1.82, 2.24) is 5.32 Å². The lowest BCUT2D eigenvalue weighted by atomic mass is 10.1. The maximum absolute atomic E-state index is 12.3. The molecule has 35 heavy (non-hydrogen) atoms. The van der Waals surface area contributed by atoms with Gasteiger partial charge in [-0.25, -0.2) is 0 Å². The topological polar surface area (TPSA) is 99.3 Å². The Morgan fingerprint density at radius 2 is 1.43 bits per heavy atom. The SMILES string of the molecule is CCC(C)NC(=O)c1cccc(NCC(=O)Nc2ccc(NC(=O)CCc3ccccc3)cc2)c1. The predicted molar refractivity (Wildman–Crippen MR) is 141 cm³/mol. The van der Waals surface area contributed by atoms with E-state index in [9.17, 15) is 14.4 Å². The number of carbonyl (C=O) groups is 3. The summed E-state index contributed by atoms with van der Waals surface area (Å²) in [5.74, 6) is -0.422. The lowest BCUT2D eigenvalue weighted by Crippen LogP contribution is -2.31. The summed E-state index contributed by atoms with van der Waals surface area (Å²) in [6, 6.07) is 24.0. The van der Waals surface area contributed by atoms with Gasteiger partial charge < -0.3 is 21.3 Å². The molecule has 0 fully saturated rings. The average molecular weight is 473 g/mol. The fourth-order valence-electron chi connectivity index (χ4n) is 3.33. The first-order valence-electron chi connectivity index (χ1n) is 11.8. The molecule has 182 valence electrons. The van der Waals surface area contributed by atoms with Gasteiger partial charge in [0.25, 0.3) is 5.91 Å². The van der Waals surface area contributed by atoms with Gasteiger partial charge in [0.1, 0.15) is 0 Å². The van der Waals surface area contributed by atoms with Crippen molar-refractivity contribution in [3.05, 3.63) is 90.0 Å². The molecule has 1 unspecified atom stereocenters. The minimum Gasteiger partial charge on any atom is -0.376 e. The first kappa shape index (κ1) is 25.5. The largest absolute Gasteiger partial charge is 0.376 e. The van der Waals surface area contributed by atoms with E-state index < -0.39 is 0 Å². The molecule has 3 rings (SSSR count). The minimum absolute atomic E-state index is 0.0500. The number of rotatable bonds is 11. The molecule has 0 aliphatic carbocycles. The molecule has 7 nitrogen and oxygen atoms in total. The highest BCUT2D eigenvalue weighted by molar-refractivity contribution is 5.96. The van der Waals surface area contributed by atoms with Crippen LogP contribution in [0.2, 0.25) is 0 Å². The van der Waals surface area contributed by atoms with Crippen LogP contribution in [0.4, 0.5) is 17.1 Å². The van der Waals surface area contributed by atoms with Gasteiger partial charge in [-0.15, -0.1) is 0 Å². The molecular weight excluding hydrogens is 440 g/mol. The Bertz CT molecular complexity index is 1130. The first-order chi connectivity index (χ1) is 16.9. The molecule has 0 radical (unpaired) electrons. The Labute approximate surface area is 206 Å². The molecule has 1 atom stereocenters. The van der Waals surface area contributed by atoms with Gasteiger partial charge in [0, 0.05) is 35.1 Å². The normalized spacial score (nSPS) is 11.3. The molecule has 4 N–H and O–H groups in total. The third kappa shape index (κ3) is 8.62. The van der Waals surface area contributed by atoms with Gasteiger partial charge in [-0.05, 0) is 67.8 Å². The number of hydrogen-bond acceptors (Lipinski definition) is 4. The summed E-state index contributed by atoms with van der Waals surface area (Å²) < 4.78 is 0. The van der Waals surface area contributed by atoms with E-state index in [0.29, 0.717) is 35.5 Å². The standard InChI is InChI=1S/C28H32N4O3/c1-3-20(2)30-28(35)22-10-7-11-25(18-22)29-19-27(34)32-24-15-13-23(14-16-24)31-26(33)17-12-21-8-5-4-6-9-21/h4-11,13-16,18,20,29H,3,12,17,19H2,1-2H3,(H,30,35)(H,31,33)(H,32,34). The number of hydrogen-bond donors (Lipinski definition) is 4. The van der Waals surface area contributed by atoms with E-state index in [-0.39, 0.29) is 30.3 Å². The van der Waals surface area contributed by atoms with Crippen LogP contribution in [0.25, 0.3) is 0 Å². The number of aryl methyl sites for hydroxylation is 1. The molecule has 3 amide bonds. The molecule has 3 aromatic carbocycles. The number of anilines is 3. The van der Waals surface area contributed by atoms with Gasteiger partial charge in [-0.3, -0.25) is 14.4 Å². The van der Waals surface area contributed by atoms with Gasteiger partial charge in [-0.1, -0.05) is 43.3 Å². The van der Waals surface area contributed by atoms with E-state index in [0.717, 1.165) is 12.0 Å².